The number of sulfone groups is 1. The molecule has 35 heavy (non-hydrogen) atoms. The van der Waals surface area contributed by atoms with Gasteiger partial charge in [-0.25, -0.2) is 31.0 Å². The van der Waals surface area contributed by atoms with Crippen LogP contribution in [0.25, 0.3) is 11.3 Å². The highest BCUT2D eigenvalue weighted by Gasteiger charge is 2.23. The van der Waals surface area contributed by atoms with Crippen LogP contribution in [0.4, 0.5) is 4.79 Å². The number of hydrogen-bond donors (Lipinski definition) is 2. The van der Waals surface area contributed by atoms with E-state index >= 15 is 0 Å². The van der Waals surface area contributed by atoms with Gasteiger partial charge < -0.3 is 5.32 Å². The molecule has 0 saturated carbocycles. The van der Waals surface area contributed by atoms with E-state index in [0.29, 0.717) is 5.69 Å². The quantitative estimate of drug-likeness (QED) is 0.457. The largest absolute Gasteiger partial charge is 0.334 e. The van der Waals surface area contributed by atoms with Crippen molar-refractivity contribution in [2.75, 3.05) is 12.8 Å². The number of thiophene rings is 1. The van der Waals surface area contributed by atoms with Gasteiger partial charge in [-0.1, -0.05) is 29.3 Å². The summed E-state index contributed by atoms with van der Waals surface area (Å²) in [5.74, 6) is 0. The number of urea groups is 1. The molecule has 0 fully saturated rings. The number of rotatable bonds is 6. The number of fused-ring (bicyclic) bond motifs is 1. The predicted molar refractivity (Wildman–Crippen MR) is 136 cm³/mol. The van der Waals surface area contributed by atoms with Crippen molar-refractivity contribution in [3.63, 3.8) is 0 Å². The zero-order valence-corrected chi connectivity index (χ0v) is 22.2. The lowest BCUT2D eigenvalue weighted by Crippen LogP contribution is -2.39. The Morgan fingerprint density at radius 1 is 1.17 bits per heavy atom. The van der Waals surface area contributed by atoms with E-state index in [2.05, 4.69) is 10.4 Å². The summed E-state index contributed by atoms with van der Waals surface area (Å²) in [6.07, 6.45) is 7.22. The highest BCUT2D eigenvalue weighted by Crippen LogP contribution is 2.34. The van der Waals surface area contributed by atoms with Gasteiger partial charge >= 0.3 is 6.03 Å². The predicted octanol–water partition coefficient (Wildman–Crippen LogP) is 4.05. The van der Waals surface area contributed by atoms with Crippen molar-refractivity contribution in [3.8, 4) is 5.69 Å². The van der Waals surface area contributed by atoms with Crippen LogP contribution in [-0.4, -0.2) is 45.4 Å². The number of nitrogens with one attached hydrogen (secondary N) is 2. The molecule has 2 aromatic heterocycles. The molecule has 0 bridgehead atoms. The Morgan fingerprint density at radius 2 is 1.89 bits per heavy atom. The molecule has 0 atom stereocenters. The molecule has 0 radical (unpaired) electrons. The summed E-state index contributed by atoms with van der Waals surface area (Å²) in [4.78, 5) is 12.4. The van der Waals surface area contributed by atoms with E-state index in [1.165, 1.54) is 18.2 Å². The zero-order valence-electron chi connectivity index (χ0n) is 18.3. The van der Waals surface area contributed by atoms with E-state index < -0.39 is 25.9 Å². The van der Waals surface area contributed by atoms with Gasteiger partial charge in [-0.3, -0.25) is 0 Å². The molecular weight excluding hydrogens is 555 g/mol. The summed E-state index contributed by atoms with van der Waals surface area (Å²) < 4.78 is 51.8. The lowest BCUT2D eigenvalue weighted by Gasteiger charge is -2.18. The molecule has 0 unspecified atom stereocenters. The topological polar surface area (TPSA) is 127 Å². The first-order chi connectivity index (χ1) is 16.5. The number of benzene rings is 1. The number of aryl methyl sites for hydroxylation is 1. The smallest absolute Gasteiger partial charge is 0.328 e. The van der Waals surface area contributed by atoms with Crippen molar-refractivity contribution in [2.24, 2.45) is 0 Å². The SMILES string of the molecule is CS(=O)(=O)c1ccc(-n2ncc3c2C(=CCNC(=O)NS(=O)(=O)c2cc(Cl)c(Cl)s2)CCC3)cc1. The third-order valence-electron chi connectivity index (χ3n) is 5.28. The third-order valence-corrected chi connectivity index (χ3v) is 10.1. The fourth-order valence-electron chi connectivity index (χ4n) is 3.66. The second kappa shape index (κ2) is 9.94. The number of aromatic nitrogens is 2. The van der Waals surface area contributed by atoms with Crippen LogP contribution in [0.3, 0.4) is 0 Å². The number of hydrogen-bond acceptors (Lipinski definition) is 7. The van der Waals surface area contributed by atoms with E-state index in [0.717, 1.165) is 53.7 Å². The van der Waals surface area contributed by atoms with Crippen LogP contribution in [0.5, 0.6) is 0 Å². The molecule has 1 aromatic carbocycles. The van der Waals surface area contributed by atoms with Gasteiger partial charge in [-0.2, -0.15) is 5.10 Å². The van der Waals surface area contributed by atoms with Gasteiger partial charge in [0.15, 0.2) is 9.84 Å². The van der Waals surface area contributed by atoms with Crippen molar-refractivity contribution in [1.82, 2.24) is 19.8 Å². The first-order valence-corrected chi connectivity index (χ1v) is 15.2. The molecular formula is C21H20Cl2N4O5S3. The van der Waals surface area contributed by atoms with Gasteiger partial charge in [0.05, 0.1) is 27.5 Å². The molecule has 0 saturated heterocycles. The van der Waals surface area contributed by atoms with Crippen LogP contribution in [0.15, 0.2) is 51.7 Å². The number of carbonyl (C=O) groups is 1. The Kier molecular flexibility index (Phi) is 7.30. The minimum atomic E-state index is -4.10. The number of amides is 2. The number of allylic oxidation sites excluding steroid dienone is 1. The molecule has 1 aliphatic carbocycles. The Bertz CT molecular complexity index is 1510. The van der Waals surface area contributed by atoms with Crippen molar-refractivity contribution >= 4 is 66.0 Å². The molecule has 14 heteroatoms. The molecule has 2 amide bonds. The van der Waals surface area contributed by atoms with Crippen LogP contribution in [0.1, 0.15) is 24.1 Å². The lowest BCUT2D eigenvalue weighted by atomic mass is 9.92. The molecule has 186 valence electrons. The lowest BCUT2D eigenvalue weighted by molar-refractivity contribution is 0.247. The van der Waals surface area contributed by atoms with Gasteiger partial charge in [0.25, 0.3) is 10.0 Å². The van der Waals surface area contributed by atoms with Gasteiger partial charge in [0, 0.05) is 12.8 Å². The molecule has 1 aliphatic rings. The minimum absolute atomic E-state index is 0.0836. The maximum absolute atomic E-state index is 12.3. The molecule has 2 heterocycles. The number of carbonyl (C=O) groups excluding carboxylic acids is 1. The minimum Gasteiger partial charge on any atom is -0.334 e. The van der Waals surface area contributed by atoms with Crippen molar-refractivity contribution in [2.45, 2.75) is 28.4 Å². The fraction of sp³-hybridized carbons (Fsp3) is 0.238. The second-order valence-corrected chi connectivity index (χ2v) is 13.8. The average Bonchev–Trinajstić information content (AvgIpc) is 3.37. The normalized spacial score (nSPS) is 15.1. The Morgan fingerprint density at radius 3 is 2.51 bits per heavy atom. The zero-order chi connectivity index (χ0) is 25.4. The molecule has 3 aromatic rings. The van der Waals surface area contributed by atoms with Crippen molar-refractivity contribution < 1.29 is 21.6 Å². The molecule has 0 aliphatic heterocycles. The van der Waals surface area contributed by atoms with Crippen molar-refractivity contribution in [1.29, 1.82) is 0 Å². The van der Waals surface area contributed by atoms with Crippen LogP contribution < -0.4 is 10.0 Å². The maximum atomic E-state index is 12.3. The monoisotopic (exact) mass is 574 g/mol. The summed E-state index contributed by atoms with van der Waals surface area (Å²) in [6, 6.07) is 6.74. The Balaban J connectivity index is 1.49. The van der Waals surface area contributed by atoms with E-state index in [1.807, 2.05) is 10.8 Å². The van der Waals surface area contributed by atoms with Crippen LogP contribution in [0.2, 0.25) is 9.36 Å². The van der Waals surface area contributed by atoms with Crippen LogP contribution in [-0.2, 0) is 26.3 Å². The molecule has 2 N–H and O–H groups in total. The highest BCUT2D eigenvalue weighted by atomic mass is 35.5. The maximum Gasteiger partial charge on any atom is 0.328 e. The van der Waals surface area contributed by atoms with Gasteiger partial charge in [-0.15, -0.1) is 11.3 Å². The first kappa shape index (κ1) is 25.7. The summed E-state index contributed by atoms with van der Waals surface area (Å²) >= 11 is 12.4. The van der Waals surface area contributed by atoms with E-state index in [-0.39, 0.29) is 25.0 Å². The standard InChI is InChI=1S/C21H20Cl2N4O5S3/c1-34(29,30)16-7-5-15(6-8-16)27-19-13(3-2-4-14(19)12-25-27)9-10-24-21(28)26-35(31,32)18-11-17(22)20(23)33-18/h5-9,11-12H,2-4,10H2,1H3,(H2,24,26,28). The van der Waals surface area contributed by atoms with Crippen LogP contribution >= 0.6 is 34.5 Å². The van der Waals surface area contributed by atoms with E-state index in [4.69, 9.17) is 23.2 Å². The Labute approximate surface area is 216 Å². The van der Waals surface area contributed by atoms with E-state index in [9.17, 15) is 21.6 Å². The summed E-state index contributed by atoms with van der Waals surface area (Å²) in [5, 5.41) is 7.09. The summed E-state index contributed by atoms with van der Waals surface area (Å²) in [7, 11) is -7.41. The Hall–Kier alpha value is -2.38. The van der Waals surface area contributed by atoms with Crippen molar-refractivity contribution in [3.05, 3.63) is 63.2 Å². The van der Waals surface area contributed by atoms with Gasteiger partial charge in [0.2, 0.25) is 0 Å². The highest BCUT2D eigenvalue weighted by molar-refractivity contribution is 7.92. The molecule has 0 spiro atoms. The average molecular weight is 576 g/mol. The van der Waals surface area contributed by atoms with Gasteiger partial charge in [0.1, 0.15) is 8.55 Å². The number of nitrogens with zero attached hydrogens (tertiary/aromatic N) is 2. The number of sulfonamides is 1. The van der Waals surface area contributed by atoms with Gasteiger partial charge in [-0.05, 0) is 60.7 Å². The third kappa shape index (κ3) is 5.72. The first-order valence-electron chi connectivity index (χ1n) is 10.3. The number of halogens is 2. The molecule has 9 nitrogen and oxygen atoms in total. The fourth-order valence-corrected chi connectivity index (χ4v) is 7.10. The summed E-state index contributed by atoms with van der Waals surface area (Å²) in [5.41, 5.74) is 3.56. The summed E-state index contributed by atoms with van der Waals surface area (Å²) in [6.45, 7) is 0.0836. The van der Waals surface area contributed by atoms with Crippen LogP contribution in [0, 0.1) is 0 Å². The van der Waals surface area contributed by atoms with E-state index in [1.54, 1.807) is 23.0 Å². The second-order valence-electron chi connectivity index (χ2n) is 7.78. The molecule has 4 rings (SSSR count).